The Balaban J connectivity index is 2.18. The van der Waals surface area contributed by atoms with E-state index in [0.29, 0.717) is 11.4 Å². The van der Waals surface area contributed by atoms with E-state index in [2.05, 4.69) is 15.3 Å². The number of hydrazone groups is 1. The summed E-state index contributed by atoms with van der Waals surface area (Å²) in [5.41, 5.74) is 7.68. The molecule has 0 saturated heterocycles. The molecule has 1 atom stereocenters. The van der Waals surface area contributed by atoms with Gasteiger partial charge in [-0.3, -0.25) is 4.79 Å². The van der Waals surface area contributed by atoms with E-state index in [-0.39, 0.29) is 11.0 Å². The molecule has 2 N–H and O–H groups in total. The molecule has 0 spiro atoms. The lowest BCUT2D eigenvalue weighted by atomic mass is 10.2. The number of aryl methyl sites for hydroxylation is 1. The van der Waals surface area contributed by atoms with Crippen molar-refractivity contribution in [2.75, 3.05) is 0 Å². The monoisotopic (exact) mass is 275 g/mol. The average Bonchev–Trinajstić information content (AvgIpc) is 2.63. The van der Waals surface area contributed by atoms with Crippen LogP contribution >= 0.6 is 12.2 Å². The maximum absolute atomic E-state index is 11.9. The van der Waals surface area contributed by atoms with Crippen LogP contribution in [0, 0.1) is 6.92 Å². The van der Waals surface area contributed by atoms with Gasteiger partial charge in [0, 0.05) is 0 Å². The third-order valence-electron chi connectivity index (χ3n) is 2.60. The fraction of sp³-hybridized carbons (Fsp3) is 0.250. The number of amides is 1. The number of hydrogen-bond acceptors (Lipinski definition) is 5. The molecular weight excluding hydrogens is 262 g/mol. The van der Waals surface area contributed by atoms with Crippen molar-refractivity contribution in [2.45, 2.75) is 19.9 Å². The maximum Gasteiger partial charge on any atom is 0.282 e. The molecule has 0 radical (unpaired) electrons. The quantitative estimate of drug-likeness (QED) is 0.661. The normalized spacial score (nSPS) is 19.1. The van der Waals surface area contributed by atoms with Crippen LogP contribution in [0.25, 0.3) is 0 Å². The number of hydrogen-bond donors (Lipinski definition) is 1. The molecule has 1 aliphatic heterocycles. The lowest BCUT2D eigenvalue weighted by Crippen LogP contribution is -2.37. The minimum absolute atomic E-state index is 0.0856. The Morgan fingerprint density at radius 1 is 1.47 bits per heavy atom. The van der Waals surface area contributed by atoms with Crippen LogP contribution < -0.4 is 5.73 Å². The van der Waals surface area contributed by atoms with Crippen LogP contribution in [0.1, 0.15) is 12.5 Å². The van der Waals surface area contributed by atoms with Gasteiger partial charge in [-0.05, 0) is 43.8 Å². The summed E-state index contributed by atoms with van der Waals surface area (Å²) in [5, 5.41) is 12.9. The van der Waals surface area contributed by atoms with Crippen molar-refractivity contribution < 1.29 is 4.79 Å². The molecule has 1 aromatic rings. The zero-order valence-electron chi connectivity index (χ0n) is 10.6. The van der Waals surface area contributed by atoms with E-state index in [9.17, 15) is 4.79 Å². The average molecular weight is 275 g/mol. The second-order valence-electron chi connectivity index (χ2n) is 4.19. The Kier molecular flexibility index (Phi) is 3.66. The van der Waals surface area contributed by atoms with Gasteiger partial charge in [0.15, 0.2) is 11.2 Å². The largest absolute Gasteiger partial charge is 0.374 e. The number of nitrogens with zero attached hydrogens (tertiary/aromatic N) is 4. The minimum Gasteiger partial charge on any atom is -0.374 e. The molecule has 0 fully saturated rings. The van der Waals surface area contributed by atoms with Crippen molar-refractivity contribution in [3.63, 3.8) is 0 Å². The Morgan fingerprint density at radius 2 is 2.21 bits per heavy atom. The molecular formula is C12H13N5OS. The molecule has 0 saturated carbocycles. The van der Waals surface area contributed by atoms with Crippen LogP contribution in [0.15, 0.2) is 39.6 Å². The molecule has 1 aromatic carbocycles. The van der Waals surface area contributed by atoms with Crippen LogP contribution in [0.5, 0.6) is 0 Å². The zero-order valence-corrected chi connectivity index (χ0v) is 11.4. The van der Waals surface area contributed by atoms with Crippen LogP contribution in [-0.4, -0.2) is 27.8 Å². The number of benzene rings is 1. The lowest BCUT2D eigenvalue weighted by Gasteiger charge is -2.08. The maximum atomic E-state index is 11.9. The highest BCUT2D eigenvalue weighted by molar-refractivity contribution is 7.80. The van der Waals surface area contributed by atoms with Gasteiger partial charge < -0.3 is 5.73 Å². The summed E-state index contributed by atoms with van der Waals surface area (Å²) < 4.78 is 0. The molecule has 1 amide bonds. The highest BCUT2D eigenvalue weighted by Gasteiger charge is 2.35. The smallest absolute Gasteiger partial charge is 0.282 e. The van der Waals surface area contributed by atoms with Crippen molar-refractivity contribution in [1.82, 2.24) is 5.01 Å². The fourth-order valence-corrected chi connectivity index (χ4v) is 1.79. The second kappa shape index (κ2) is 5.23. The van der Waals surface area contributed by atoms with E-state index in [4.69, 9.17) is 18.0 Å². The molecule has 0 bridgehead atoms. The Hall–Kier alpha value is -2.15. The standard InChI is InChI=1S/C12H13N5OS/c1-7-4-3-5-9(6-7)14-15-10-8(2)16-17(11(10)18)12(13)19/h3-6,10H,1-2H3,(H2,13,19)/t10-/m1/s1. The molecule has 0 aliphatic carbocycles. The highest BCUT2D eigenvalue weighted by atomic mass is 32.1. The zero-order chi connectivity index (χ0) is 14.0. The molecule has 19 heavy (non-hydrogen) atoms. The first kappa shape index (κ1) is 13.3. The van der Waals surface area contributed by atoms with Crippen LogP contribution in [0.3, 0.4) is 0 Å². The lowest BCUT2D eigenvalue weighted by molar-refractivity contribution is -0.126. The Bertz CT molecular complexity index is 596. The third-order valence-corrected chi connectivity index (χ3v) is 2.77. The first-order valence-corrected chi connectivity index (χ1v) is 6.06. The van der Waals surface area contributed by atoms with E-state index in [1.807, 2.05) is 31.2 Å². The van der Waals surface area contributed by atoms with Gasteiger partial charge in [0.25, 0.3) is 5.91 Å². The summed E-state index contributed by atoms with van der Waals surface area (Å²) in [6.45, 7) is 3.65. The van der Waals surface area contributed by atoms with Crippen molar-refractivity contribution in [3.8, 4) is 0 Å². The van der Waals surface area contributed by atoms with Crippen molar-refractivity contribution in [3.05, 3.63) is 29.8 Å². The number of thiocarbonyl (C=S) groups is 1. The molecule has 6 nitrogen and oxygen atoms in total. The van der Waals surface area contributed by atoms with Crippen molar-refractivity contribution >= 4 is 34.6 Å². The van der Waals surface area contributed by atoms with Gasteiger partial charge in [-0.25, -0.2) is 0 Å². The van der Waals surface area contributed by atoms with Crippen LogP contribution in [0.2, 0.25) is 0 Å². The summed E-state index contributed by atoms with van der Waals surface area (Å²) in [4.78, 5) is 11.9. The van der Waals surface area contributed by atoms with Crippen LogP contribution in [0.4, 0.5) is 5.69 Å². The first-order valence-electron chi connectivity index (χ1n) is 5.65. The van der Waals surface area contributed by atoms with Gasteiger partial charge in [0.05, 0.1) is 11.4 Å². The van der Waals surface area contributed by atoms with Gasteiger partial charge >= 0.3 is 0 Å². The summed E-state index contributed by atoms with van der Waals surface area (Å²) >= 11 is 4.74. The number of rotatable bonds is 2. The predicted octanol–water partition coefficient (Wildman–Crippen LogP) is 1.91. The van der Waals surface area contributed by atoms with Gasteiger partial charge in [0.1, 0.15) is 0 Å². The van der Waals surface area contributed by atoms with E-state index in [0.717, 1.165) is 10.6 Å². The number of azo groups is 1. The van der Waals surface area contributed by atoms with E-state index in [1.54, 1.807) is 6.92 Å². The van der Waals surface area contributed by atoms with Crippen molar-refractivity contribution in [1.29, 1.82) is 0 Å². The van der Waals surface area contributed by atoms with E-state index >= 15 is 0 Å². The van der Waals surface area contributed by atoms with Gasteiger partial charge in [0.2, 0.25) is 0 Å². The molecule has 7 heteroatoms. The van der Waals surface area contributed by atoms with E-state index in [1.165, 1.54) is 0 Å². The summed E-state index contributed by atoms with van der Waals surface area (Å²) in [6.07, 6.45) is 0. The summed E-state index contributed by atoms with van der Waals surface area (Å²) in [7, 11) is 0. The summed E-state index contributed by atoms with van der Waals surface area (Å²) in [6, 6.07) is 6.78. The van der Waals surface area contributed by atoms with Crippen molar-refractivity contribution in [2.24, 2.45) is 21.1 Å². The minimum atomic E-state index is -0.748. The second-order valence-corrected chi connectivity index (χ2v) is 4.60. The van der Waals surface area contributed by atoms with Gasteiger partial charge in [-0.1, -0.05) is 12.1 Å². The third kappa shape index (κ3) is 2.82. The Morgan fingerprint density at radius 3 is 2.79 bits per heavy atom. The first-order chi connectivity index (χ1) is 8.99. The van der Waals surface area contributed by atoms with Gasteiger partial charge in [-0.15, -0.1) is 0 Å². The molecule has 0 aromatic heterocycles. The van der Waals surface area contributed by atoms with Gasteiger partial charge in [-0.2, -0.15) is 20.3 Å². The van der Waals surface area contributed by atoms with Crippen LogP contribution in [-0.2, 0) is 4.79 Å². The van der Waals surface area contributed by atoms with E-state index < -0.39 is 6.04 Å². The number of carbonyl (C=O) groups is 1. The number of nitrogens with two attached hydrogens (primary N) is 1. The predicted molar refractivity (Wildman–Crippen MR) is 76.2 cm³/mol. The highest BCUT2D eigenvalue weighted by Crippen LogP contribution is 2.18. The number of carbonyl (C=O) groups excluding carboxylic acids is 1. The SMILES string of the molecule is CC1=NN(C(N)=S)C(=O)[C@@H]1N=Nc1cccc(C)c1. The summed E-state index contributed by atoms with van der Waals surface area (Å²) in [5.74, 6) is -0.374. The molecule has 0 unspecified atom stereocenters. The molecule has 98 valence electrons. The Labute approximate surface area is 116 Å². The molecule has 2 rings (SSSR count). The topological polar surface area (TPSA) is 83.4 Å². The fourth-order valence-electron chi connectivity index (χ4n) is 1.66. The molecule has 1 heterocycles. The molecule has 1 aliphatic rings.